The standard InChI is InChI=1S/C18H18N2O5/c1-2-14(25-18(22)11-4-3-5-12(19)8-11)17(21)20-13-6-7-15-16(9-13)24-10-23-15/h3-9,14H,2,10,19H2,1H3,(H,20,21). The first-order chi connectivity index (χ1) is 12.1. The molecule has 1 aliphatic rings. The number of hydrogen-bond donors (Lipinski definition) is 2. The maximum atomic E-state index is 12.4. The molecule has 7 nitrogen and oxygen atoms in total. The Morgan fingerprint density at radius 2 is 2.00 bits per heavy atom. The van der Waals surface area contributed by atoms with E-state index in [4.69, 9.17) is 19.9 Å². The van der Waals surface area contributed by atoms with E-state index < -0.39 is 18.0 Å². The van der Waals surface area contributed by atoms with Crippen LogP contribution >= 0.6 is 0 Å². The summed E-state index contributed by atoms with van der Waals surface area (Å²) in [6.45, 7) is 1.92. The second kappa shape index (κ2) is 7.12. The Hall–Kier alpha value is -3.22. The number of nitrogens with two attached hydrogens (primary N) is 1. The quantitative estimate of drug-likeness (QED) is 0.640. The molecule has 3 N–H and O–H groups in total. The largest absolute Gasteiger partial charge is 0.454 e. The number of hydrogen-bond acceptors (Lipinski definition) is 6. The van der Waals surface area contributed by atoms with Crippen molar-refractivity contribution >= 4 is 23.3 Å². The summed E-state index contributed by atoms with van der Waals surface area (Å²) in [6.07, 6.45) is -0.580. The van der Waals surface area contributed by atoms with Crippen molar-refractivity contribution in [2.45, 2.75) is 19.4 Å². The molecule has 3 rings (SSSR count). The Labute approximate surface area is 144 Å². The van der Waals surface area contributed by atoms with E-state index in [0.717, 1.165) is 0 Å². The van der Waals surface area contributed by atoms with Crippen molar-refractivity contribution in [3.63, 3.8) is 0 Å². The minimum atomic E-state index is -0.917. The monoisotopic (exact) mass is 342 g/mol. The number of anilines is 2. The van der Waals surface area contributed by atoms with E-state index in [1.807, 2.05) is 0 Å². The molecule has 1 amide bonds. The molecule has 0 saturated carbocycles. The summed E-state index contributed by atoms with van der Waals surface area (Å²) in [4.78, 5) is 24.6. The molecule has 0 aromatic heterocycles. The molecule has 1 aliphatic heterocycles. The topological polar surface area (TPSA) is 99.9 Å². The molecule has 0 radical (unpaired) electrons. The first-order valence-electron chi connectivity index (χ1n) is 7.84. The van der Waals surface area contributed by atoms with Crippen molar-refractivity contribution in [1.82, 2.24) is 0 Å². The van der Waals surface area contributed by atoms with Crippen LogP contribution in [0.15, 0.2) is 42.5 Å². The zero-order valence-corrected chi connectivity index (χ0v) is 13.7. The summed E-state index contributed by atoms with van der Waals surface area (Å²) in [5, 5.41) is 2.71. The third kappa shape index (κ3) is 3.82. The summed E-state index contributed by atoms with van der Waals surface area (Å²) in [5.41, 5.74) is 6.94. The van der Waals surface area contributed by atoms with Gasteiger partial charge in [0.2, 0.25) is 6.79 Å². The number of ether oxygens (including phenoxy) is 3. The number of rotatable bonds is 5. The molecule has 7 heteroatoms. The number of nitrogen functional groups attached to an aromatic ring is 1. The van der Waals surface area contributed by atoms with E-state index in [1.165, 1.54) is 6.07 Å². The molecule has 1 atom stereocenters. The molecule has 0 fully saturated rings. The number of amides is 1. The molecule has 0 saturated heterocycles. The highest BCUT2D eigenvalue weighted by Crippen LogP contribution is 2.34. The zero-order chi connectivity index (χ0) is 17.8. The van der Waals surface area contributed by atoms with Crippen LogP contribution in [0.25, 0.3) is 0 Å². The van der Waals surface area contributed by atoms with Crippen LogP contribution in [0.3, 0.4) is 0 Å². The van der Waals surface area contributed by atoms with Crippen LogP contribution in [0.5, 0.6) is 11.5 Å². The number of benzene rings is 2. The summed E-state index contributed by atoms with van der Waals surface area (Å²) in [6, 6.07) is 11.5. The van der Waals surface area contributed by atoms with Gasteiger partial charge in [0.15, 0.2) is 17.6 Å². The van der Waals surface area contributed by atoms with E-state index in [1.54, 1.807) is 43.3 Å². The van der Waals surface area contributed by atoms with Crippen molar-refractivity contribution in [1.29, 1.82) is 0 Å². The number of carbonyl (C=O) groups excluding carboxylic acids is 2. The van der Waals surface area contributed by atoms with E-state index in [-0.39, 0.29) is 6.79 Å². The number of esters is 1. The summed E-state index contributed by atoms with van der Waals surface area (Å²) >= 11 is 0. The molecule has 130 valence electrons. The fourth-order valence-electron chi connectivity index (χ4n) is 2.38. The van der Waals surface area contributed by atoms with Crippen LogP contribution < -0.4 is 20.5 Å². The third-order valence-corrected chi connectivity index (χ3v) is 3.67. The summed E-state index contributed by atoms with van der Waals surface area (Å²) in [7, 11) is 0. The average Bonchev–Trinajstić information content (AvgIpc) is 3.07. The molecule has 2 aromatic carbocycles. The van der Waals surface area contributed by atoms with E-state index in [2.05, 4.69) is 5.32 Å². The van der Waals surface area contributed by atoms with E-state index >= 15 is 0 Å². The highest BCUT2D eigenvalue weighted by atomic mass is 16.7. The van der Waals surface area contributed by atoms with Crippen molar-refractivity contribution in [3.8, 4) is 11.5 Å². The summed E-state index contributed by atoms with van der Waals surface area (Å²) < 4.78 is 15.8. The van der Waals surface area contributed by atoms with Crippen molar-refractivity contribution in [2.75, 3.05) is 17.8 Å². The highest BCUT2D eigenvalue weighted by molar-refractivity contribution is 5.98. The maximum absolute atomic E-state index is 12.4. The Kier molecular flexibility index (Phi) is 4.74. The number of carbonyl (C=O) groups is 2. The van der Waals surface area contributed by atoms with Gasteiger partial charge < -0.3 is 25.3 Å². The van der Waals surface area contributed by atoms with Gasteiger partial charge >= 0.3 is 5.97 Å². The zero-order valence-electron chi connectivity index (χ0n) is 13.7. The molecule has 0 bridgehead atoms. The van der Waals surface area contributed by atoms with Gasteiger partial charge in [0, 0.05) is 17.4 Å². The second-order valence-corrected chi connectivity index (χ2v) is 5.48. The predicted octanol–water partition coefficient (Wildman–Crippen LogP) is 2.57. The van der Waals surface area contributed by atoms with Gasteiger partial charge in [-0.25, -0.2) is 4.79 Å². The average molecular weight is 342 g/mol. The van der Waals surface area contributed by atoms with Crippen molar-refractivity contribution in [3.05, 3.63) is 48.0 Å². The second-order valence-electron chi connectivity index (χ2n) is 5.48. The number of nitrogens with one attached hydrogen (secondary N) is 1. The van der Waals surface area contributed by atoms with Crippen LogP contribution in [0.4, 0.5) is 11.4 Å². The smallest absolute Gasteiger partial charge is 0.338 e. The molecule has 1 unspecified atom stereocenters. The molecular weight excluding hydrogens is 324 g/mol. The van der Waals surface area contributed by atoms with Crippen molar-refractivity contribution in [2.24, 2.45) is 0 Å². The Bertz CT molecular complexity index is 806. The molecule has 0 spiro atoms. The Morgan fingerprint density at radius 3 is 2.76 bits per heavy atom. The molecule has 0 aliphatic carbocycles. The minimum absolute atomic E-state index is 0.155. The van der Waals surface area contributed by atoms with Gasteiger partial charge in [-0.3, -0.25) is 4.79 Å². The highest BCUT2D eigenvalue weighted by Gasteiger charge is 2.23. The van der Waals surface area contributed by atoms with Crippen molar-refractivity contribution < 1.29 is 23.8 Å². The van der Waals surface area contributed by atoms with Crippen LogP contribution in [0.1, 0.15) is 23.7 Å². The fourth-order valence-corrected chi connectivity index (χ4v) is 2.38. The van der Waals surface area contributed by atoms with Crippen LogP contribution in [0.2, 0.25) is 0 Å². The molecule has 25 heavy (non-hydrogen) atoms. The van der Waals surface area contributed by atoms with Gasteiger partial charge in [-0.15, -0.1) is 0 Å². The molecule has 1 heterocycles. The molecule has 2 aromatic rings. The van der Waals surface area contributed by atoms with Gasteiger partial charge in [0.25, 0.3) is 5.91 Å². The SMILES string of the molecule is CCC(OC(=O)c1cccc(N)c1)C(=O)Nc1ccc2c(c1)OCO2. The first kappa shape index (κ1) is 16.6. The first-order valence-corrected chi connectivity index (χ1v) is 7.84. The fraction of sp³-hybridized carbons (Fsp3) is 0.222. The van der Waals surface area contributed by atoms with E-state index in [9.17, 15) is 9.59 Å². The lowest BCUT2D eigenvalue weighted by atomic mass is 10.2. The summed E-state index contributed by atoms with van der Waals surface area (Å²) in [5.74, 6) is 0.166. The lowest BCUT2D eigenvalue weighted by Crippen LogP contribution is -2.32. The van der Waals surface area contributed by atoms with Gasteiger partial charge in [-0.2, -0.15) is 0 Å². The lowest BCUT2D eigenvalue weighted by Gasteiger charge is -2.16. The third-order valence-electron chi connectivity index (χ3n) is 3.67. The Balaban J connectivity index is 1.66. The maximum Gasteiger partial charge on any atom is 0.338 e. The van der Waals surface area contributed by atoms with Crippen LogP contribution in [-0.2, 0) is 9.53 Å². The van der Waals surface area contributed by atoms with E-state index in [0.29, 0.717) is 34.9 Å². The number of fused-ring (bicyclic) bond motifs is 1. The van der Waals surface area contributed by atoms with Crippen LogP contribution in [-0.4, -0.2) is 24.8 Å². The normalized spacial score (nSPS) is 13.2. The van der Waals surface area contributed by atoms with Crippen LogP contribution in [0, 0.1) is 0 Å². The minimum Gasteiger partial charge on any atom is -0.454 e. The predicted molar refractivity (Wildman–Crippen MR) is 91.5 cm³/mol. The Morgan fingerprint density at radius 1 is 1.20 bits per heavy atom. The molecular formula is C18H18N2O5. The van der Waals surface area contributed by atoms with Gasteiger partial charge in [-0.05, 0) is 36.8 Å². The van der Waals surface area contributed by atoms with Gasteiger partial charge in [0.1, 0.15) is 0 Å². The van der Waals surface area contributed by atoms with Gasteiger partial charge in [-0.1, -0.05) is 13.0 Å². The van der Waals surface area contributed by atoms with Gasteiger partial charge in [0.05, 0.1) is 5.56 Å². The lowest BCUT2D eigenvalue weighted by molar-refractivity contribution is -0.124.